The molecule has 5 nitrogen and oxygen atoms in total. The van der Waals surface area contributed by atoms with Crippen LogP contribution in [0.15, 0.2) is 12.2 Å². The Labute approximate surface area is 151 Å². The van der Waals surface area contributed by atoms with Crippen LogP contribution in [-0.2, 0) is 4.79 Å². The summed E-state index contributed by atoms with van der Waals surface area (Å²) in [6, 6.07) is -0.658. The van der Waals surface area contributed by atoms with Crippen molar-refractivity contribution < 1.29 is 9.59 Å². The van der Waals surface area contributed by atoms with Gasteiger partial charge in [-0.2, -0.15) is 0 Å². The molecule has 1 atom stereocenters. The summed E-state index contributed by atoms with van der Waals surface area (Å²) >= 11 is 0. The molecule has 4 rings (SSSR count). The number of urea groups is 1. The van der Waals surface area contributed by atoms with Crippen molar-refractivity contribution in [2.45, 2.75) is 70.9 Å². The fourth-order valence-electron chi connectivity index (χ4n) is 5.79. The molecule has 0 spiro atoms. The van der Waals surface area contributed by atoms with Crippen molar-refractivity contribution in [3.63, 3.8) is 0 Å². The Morgan fingerprint density at radius 2 is 1.68 bits per heavy atom. The second kappa shape index (κ2) is 7.10. The van der Waals surface area contributed by atoms with E-state index in [1.54, 1.807) is 0 Å². The van der Waals surface area contributed by atoms with Crippen LogP contribution >= 0.6 is 0 Å². The van der Waals surface area contributed by atoms with Crippen LogP contribution in [0.25, 0.3) is 0 Å². The van der Waals surface area contributed by atoms with Gasteiger partial charge in [0.25, 0.3) is 0 Å². The molecule has 25 heavy (non-hydrogen) atoms. The van der Waals surface area contributed by atoms with Crippen LogP contribution in [0.2, 0.25) is 0 Å². The Hall–Kier alpha value is -1.36. The van der Waals surface area contributed by atoms with Crippen LogP contribution in [0.4, 0.5) is 4.79 Å². The van der Waals surface area contributed by atoms with E-state index in [-0.39, 0.29) is 23.5 Å². The van der Waals surface area contributed by atoms with E-state index in [4.69, 9.17) is 0 Å². The highest BCUT2D eigenvalue weighted by Crippen LogP contribution is 2.55. The Bertz CT molecular complexity index is 522. The SMILES string of the molecule is C=C(C)CN(CC)C(C)C(=O)NC(=O)NC12CC3CC(CC(C3)C1)C2. The summed E-state index contributed by atoms with van der Waals surface area (Å²) in [6.45, 7) is 11.1. The van der Waals surface area contributed by atoms with Gasteiger partial charge in [0.1, 0.15) is 0 Å². The minimum absolute atomic E-state index is 0.0650. The number of nitrogens with zero attached hydrogens (tertiary/aromatic N) is 1. The quantitative estimate of drug-likeness (QED) is 0.726. The van der Waals surface area contributed by atoms with Gasteiger partial charge in [0.15, 0.2) is 0 Å². The van der Waals surface area contributed by atoms with Crippen LogP contribution in [0.1, 0.15) is 59.3 Å². The van der Waals surface area contributed by atoms with Gasteiger partial charge in [-0.05, 0) is 76.7 Å². The zero-order valence-electron chi connectivity index (χ0n) is 15.9. The highest BCUT2D eigenvalue weighted by molar-refractivity contribution is 5.97. The Morgan fingerprint density at radius 3 is 2.12 bits per heavy atom. The number of hydrogen-bond donors (Lipinski definition) is 2. The lowest BCUT2D eigenvalue weighted by molar-refractivity contribution is -0.124. The maximum absolute atomic E-state index is 12.5. The van der Waals surface area contributed by atoms with Crippen LogP contribution in [0.3, 0.4) is 0 Å². The highest BCUT2D eigenvalue weighted by Gasteiger charge is 2.51. The fourth-order valence-corrected chi connectivity index (χ4v) is 5.79. The second-order valence-electron chi connectivity index (χ2n) is 8.84. The van der Waals surface area contributed by atoms with E-state index in [1.165, 1.54) is 19.3 Å². The minimum Gasteiger partial charge on any atom is -0.332 e. The third kappa shape index (κ3) is 4.08. The van der Waals surface area contributed by atoms with Gasteiger partial charge in [0, 0.05) is 12.1 Å². The van der Waals surface area contributed by atoms with Crippen LogP contribution in [0.5, 0.6) is 0 Å². The monoisotopic (exact) mass is 347 g/mol. The predicted molar refractivity (Wildman–Crippen MR) is 99.1 cm³/mol. The molecule has 0 aromatic carbocycles. The molecule has 2 N–H and O–H groups in total. The van der Waals surface area contributed by atoms with Gasteiger partial charge >= 0.3 is 6.03 Å². The summed E-state index contributed by atoms with van der Waals surface area (Å²) in [5.41, 5.74) is 0.948. The molecular weight excluding hydrogens is 314 g/mol. The molecule has 0 aromatic rings. The third-order valence-corrected chi connectivity index (χ3v) is 6.46. The highest BCUT2D eigenvalue weighted by atomic mass is 16.2. The molecule has 0 aromatic heterocycles. The molecule has 4 fully saturated rings. The average molecular weight is 348 g/mol. The summed E-state index contributed by atoms with van der Waals surface area (Å²) in [6.07, 6.45) is 7.29. The van der Waals surface area contributed by atoms with Crippen molar-refractivity contribution in [1.29, 1.82) is 0 Å². The maximum Gasteiger partial charge on any atom is 0.321 e. The molecule has 1 unspecified atom stereocenters. The van der Waals surface area contributed by atoms with Gasteiger partial charge in [-0.25, -0.2) is 4.79 Å². The molecule has 4 aliphatic carbocycles. The number of imide groups is 1. The van der Waals surface area contributed by atoms with Crippen molar-refractivity contribution in [2.24, 2.45) is 17.8 Å². The first-order chi connectivity index (χ1) is 11.8. The molecular formula is C20H33N3O2. The smallest absolute Gasteiger partial charge is 0.321 e. The lowest BCUT2D eigenvalue weighted by Gasteiger charge is -2.56. The van der Waals surface area contributed by atoms with Crippen molar-refractivity contribution in [2.75, 3.05) is 13.1 Å². The number of hydrogen-bond acceptors (Lipinski definition) is 3. The topological polar surface area (TPSA) is 61.4 Å². The van der Waals surface area contributed by atoms with Gasteiger partial charge in [-0.15, -0.1) is 0 Å². The van der Waals surface area contributed by atoms with E-state index in [0.717, 1.165) is 49.1 Å². The fraction of sp³-hybridized carbons (Fsp3) is 0.800. The number of carbonyl (C=O) groups is 2. The Balaban J connectivity index is 1.55. The Kier molecular flexibility index (Phi) is 5.24. The van der Waals surface area contributed by atoms with Gasteiger partial charge < -0.3 is 5.32 Å². The van der Waals surface area contributed by atoms with Gasteiger partial charge in [0.05, 0.1) is 6.04 Å². The van der Waals surface area contributed by atoms with Crippen molar-refractivity contribution in [3.8, 4) is 0 Å². The molecule has 4 saturated carbocycles. The first-order valence-corrected chi connectivity index (χ1v) is 9.81. The number of likely N-dealkylation sites (N-methyl/N-ethyl adjacent to an activating group) is 1. The van der Waals surface area contributed by atoms with Crippen molar-refractivity contribution in [3.05, 3.63) is 12.2 Å². The summed E-state index contributed by atoms with van der Waals surface area (Å²) in [7, 11) is 0. The van der Waals surface area contributed by atoms with Crippen molar-refractivity contribution >= 4 is 11.9 Å². The van der Waals surface area contributed by atoms with Crippen LogP contribution in [0, 0.1) is 17.8 Å². The summed E-state index contributed by atoms with van der Waals surface area (Å²) in [4.78, 5) is 27.0. The molecule has 5 heteroatoms. The number of nitrogens with one attached hydrogen (secondary N) is 2. The molecule has 4 bridgehead atoms. The summed E-state index contributed by atoms with van der Waals surface area (Å²) < 4.78 is 0. The van der Waals surface area contributed by atoms with Gasteiger partial charge in [0.2, 0.25) is 5.91 Å². The van der Waals surface area contributed by atoms with E-state index in [2.05, 4.69) is 17.2 Å². The average Bonchev–Trinajstić information content (AvgIpc) is 2.49. The zero-order chi connectivity index (χ0) is 18.2. The van der Waals surface area contributed by atoms with Crippen LogP contribution in [-0.4, -0.2) is 41.5 Å². The zero-order valence-corrected chi connectivity index (χ0v) is 15.9. The van der Waals surface area contributed by atoms with E-state index in [1.807, 2.05) is 25.7 Å². The van der Waals surface area contributed by atoms with Gasteiger partial charge in [-0.3, -0.25) is 15.0 Å². The molecule has 0 heterocycles. The van der Waals surface area contributed by atoms with E-state index >= 15 is 0 Å². The van der Waals surface area contributed by atoms with Gasteiger partial charge in [-0.1, -0.05) is 19.1 Å². The summed E-state index contributed by atoms with van der Waals surface area (Å²) in [5, 5.41) is 5.78. The molecule has 4 aliphatic rings. The van der Waals surface area contributed by atoms with E-state index in [9.17, 15) is 9.59 Å². The van der Waals surface area contributed by atoms with Crippen molar-refractivity contribution in [1.82, 2.24) is 15.5 Å². The minimum atomic E-state index is -0.344. The summed E-state index contributed by atoms with van der Waals surface area (Å²) in [5.74, 6) is 2.08. The third-order valence-electron chi connectivity index (χ3n) is 6.46. The standard InChI is InChI=1S/C20H33N3O2/c1-5-23(12-13(2)3)14(4)18(24)21-19(25)22-20-9-15-6-16(10-20)8-17(7-15)11-20/h14-17H,2,5-12H2,1,3-4H3,(H2,21,22,24,25). The first kappa shape index (κ1) is 18.4. The number of amides is 3. The molecule has 0 saturated heterocycles. The molecule has 0 aliphatic heterocycles. The van der Waals surface area contributed by atoms with E-state index in [0.29, 0.717) is 6.54 Å². The lowest BCUT2D eigenvalue weighted by atomic mass is 9.53. The largest absolute Gasteiger partial charge is 0.332 e. The van der Waals surface area contributed by atoms with E-state index < -0.39 is 0 Å². The second-order valence-corrected chi connectivity index (χ2v) is 8.84. The molecule has 140 valence electrons. The number of carbonyl (C=O) groups excluding carboxylic acids is 2. The number of rotatable bonds is 6. The Morgan fingerprint density at radius 1 is 1.16 bits per heavy atom. The van der Waals surface area contributed by atoms with Crippen LogP contribution < -0.4 is 10.6 Å². The normalized spacial score (nSPS) is 34.0. The maximum atomic E-state index is 12.5. The molecule has 3 amide bonds. The first-order valence-electron chi connectivity index (χ1n) is 9.81. The predicted octanol–water partition coefficient (Wildman–Crippen LogP) is 3.07. The molecule has 0 radical (unpaired) electrons. The lowest BCUT2D eigenvalue weighted by Crippen LogP contribution is -2.62.